The first-order valence-corrected chi connectivity index (χ1v) is 13.8. The number of aromatic nitrogens is 2. The zero-order chi connectivity index (χ0) is 27.9. The van der Waals surface area contributed by atoms with Crippen LogP contribution < -0.4 is 4.90 Å². The van der Waals surface area contributed by atoms with E-state index in [4.69, 9.17) is 16.3 Å². The number of rotatable bonds is 8. The lowest BCUT2D eigenvalue weighted by Gasteiger charge is -2.36. The Hall–Kier alpha value is -3.60. The number of carbonyl (C=O) groups excluding carboxylic acids is 2. The standard InChI is InChI=1S/C29H32ClFN6O3/c30-25-4-2-1-3-24(25)26-9-10-27(33-32-26)35-13-15-36(16-14-35)28(38)21-37(12-11-34-17-19-40-20-18-34)29(39)22-5-7-23(31)8-6-22/h1-10H,11-21H2. The highest BCUT2D eigenvalue weighted by Crippen LogP contribution is 2.26. The number of halogens is 2. The van der Waals surface area contributed by atoms with Crippen LogP contribution in [0.2, 0.25) is 5.02 Å². The summed E-state index contributed by atoms with van der Waals surface area (Å²) in [6.07, 6.45) is 0. The summed E-state index contributed by atoms with van der Waals surface area (Å²) in [4.78, 5) is 34.3. The van der Waals surface area contributed by atoms with E-state index in [2.05, 4.69) is 20.0 Å². The van der Waals surface area contributed by atoms with Gasteiger partial charge in [0.1, 0.15) is 12.4 Å². The van der Waals surface area contributed by atoms with Gasteiger partial charge < -0.3 is 19.4 Å². The summed E-state index contributed by atoms with van der Waals surface area (Å²) in [5.74, 6) is -0.0681. The average Bonchev–Trinajstić information content (AvgIpc) is 3.00. The van der Waals surface area contributed by atoms with Crippen LogP contribution in [0, 0.1) is 5.82 Å². The molecule has 2 aliphatic rings. The molecule has 2 amide bonds. The molecule has 1 aromatic heterocycles. The SMILES string of the molecule is O=C(CN(CCN1CCOCC1)C(=O)c1ccc(F)cc1)N1CCN(c2ccc(-c3ccccc3Cl)nn2)CC1. The minimum atomic E-state index is -0.409. The zero-order valence-electron chi connectivity index (χ0n) is 22.2. The molecule has 0 saturated carbocycles. The van der Waals surface area contributed by atoms with Gasteiger partial charge in [0, 0.05) is 63.5 Å². The van der Waals surface area contributed by atoms with E-state index in [9.17, 15) is 14.0 Å². The number of nitrogens with zero attached hydrogens (tertiary/aromatic N) is 6. The van der Waals surface area contributed by atoms with Crippen LogP contribution >= 0.6 is 11.6 Å². The quantitative estimate of drug-likeness (QED) is 0.414. The Morgan fingerprint density at radius 1 is 0.900 bits per heavy atom. The second-order valence-electron chi connectivity index (χ2n) is 9.81. The molecule has 5 rings (SSSR count). The molecule has 11 heteroatoms. The first kappa shape index (κ1) is 27.9. The predicted molar refractivity (Wildman–Crippen MR) is 151 cm³/mol. The third kappa shape index (κ3) is 6.93. The van der Waals surface area contributed by atoms with Crippen molar-refractivity contribution in [2.75, 3.05) is 77.0 Å². The van der Waals surface area contributed by atoms with Crippen LogP contribution in [-0.4, -0.2) is 109 Å². The maximum Gasteiger partial charge on any atom is 0.254 e. The molecule has 40 heavy (non-hydrogen) atoms. The van der Waals surface area contributed by atoms with E-state index in [1.807, 2.05) is 36.4 Å². The van der Waals surface area contributed by atoms with E-state index in [1.54, 1.807) is 9.80 Å². The maximum atomic E-state index is 13.4. The summed E-state index contributed by atoms with van der Waals surface area (Å²) < 4.78 is 18.9. The van der Waals surface area contributed by atoms with Crippen LogP contribution in [0.3, 0.4) is 0 Å². The van der Waals surface area contributed by atoms with Crippen molar-refractivity contribution in [3.8, 4) is 11.3 Å². The Balaban J connectivity index is 1.19. The lowest BCUT2D eigenvalue weighted by atomic mass is 10.1. The molecule has 0 spiro atoms. The van der Waals surface area contributed by atoms with Gasteiger partial charge in [0.25, 0.3) is 5.91 Å². The van der Waals surface area contributed by atoms with Crippen molar-refractivity contribution < 1.29 is 18.7 Å². The molecule has 210 valence electrons. The topological polar surface area (TPSA) is 82.1 Å². The van der Waals surface area contributed by atoms with Crippen molar-refractivity contribution in [3.05, 3.63) is 77.1 Å². The average molecular weight is 567 g/mol. The number of amides is 2. The molecule has 2 aliphatic heterocycles. The van der Waals surface area contributed by atoms with E-state index in [-0.39, 0.29) is 18.4 Å². The first-order valence-electron chi connectivity index (χ1n) is 13.4. The molecule has 9 nitrogen and oxygen atoms in total. The number of ether oxygens (including phenoxy) is 1. The highest BCUT2D eigenvalue weighted by molar-refractivity contribution is 6.33. The summed E-state index contributed by atoms with van der Waals surface area (Å²) in [6, 6.07) is 16.8. The minimum absolute atomic E-state index is 0.0348. The molecular formula is C29H32ClFN6O3. The molecule has 0 N–H and O–H groups in total. The van der Waals surface area contributed by atoms with Gasteiger partial charge in [-0.15, -0.1) is 10.2 Å². The Kier molecular flexibility index (Phi) is 9.20. The fraction of sp³-hybridized carbons (Fsp3) is 0.379. The second kappa shape index (κ2) is 13.2. The fourth-order valence-electron chi connectivity index (χ4n) is 4.87. The highest BCUT2D eigenvalue weighted by Gasteiger charge is 2.26. The highest BCUT2D eigenvalue weighted by atomic mass is 35.5. The summed E-state index contributed by atoms with van der Waals surface area (Å²) in [5, 5.41) is 9.36. The molecular weight excluding hydrogens is 535 g/mol. The zero-order valence-corrected chi connectivity index (χ0v) is 23.0. The molecule has 3 heterocycles. The predicted octanol–water partition coefficient (Wildman–Crippen LogP) is 3.06. The lowest BCUT2D eigenvalue weighted by Crippen LogP contribution is -2.53. The molecule has 0 radical (unpaired) electrons. The number of hydrogen-bond acceptors (Lipinski definition) is 7. The van der Waals surface area contributed by atoms with Crippen molar-refractivity contribution >= 4 is 29.2 Å². The first-order chi connectivity index (χ1) is 19.5. The third-order valence-electron chi connectivity index (χ3n) is 7.25. The summed E-state index contributed by atoms with van der Waals surface area (Å²) in [6.45, 7) is 6.11. The van der Waals surface area contributed by atoms with Gasteiger partial charge in [0.15, 0.2) is 5.82 Å². The fourth-order valence-corrected chi connectivity index (χ4v) is 5.10. The maximum absolute atomic E-state index is 13.4. The molecule has 2 saturated heterocycles. The summed E-state index contributed by atoms with van der Waals surface area (Å²) >= 11 is 6.29. The second-order valence-corrected chi connectivity index (χ2v) is 10.2. The Labute approximate surface area is 238 Å². The van der Waals surface area contributed by atoms with Gasteiger partial charge in [0.05, 0.1) is 23.9 Å². The molecule has 2 fully saturated rings. The van der Waals surface area contributed by atoms with E-state index in [1.165, 1.54) is 24.3 Å². The van der Waals surface area contributed by atoms with Gasteiger partial charge in [-0.25, -0.2) is 4.39 Å². The number of benzene rings is 2. The number of hydrogen-bond donors (Lipinski definition) is 0. The van der Waals surface area contributed by atoms with Crippen LogP contribution in [0.5, 0.6) is 0 Å². The normalized spacial score (nSPS) is 16.1. The van der Waals surface area contributed by atoms with Crippen molar-refractivity contribution in [2.45, 2.75) is 0 Å². The van der Waals surface area contributed by atoms with Crippen LogP contribution in [0.4, 0.5) is 10.2 Å². The summed E-state index contributed by atoms with van der Waals surface area (Å²) in [5.41, 5.74) is 1.89. The number of piperazine rings is 1. The van der Waals surface area contributed by atoms with E-state index in [0.717, 1.165) is 24.5 Å². The van der Waals surface area contributed by atoms with Gasteiger partial charge in [-0.05, 0) is 42.5 Å². The number of morpholine rings is 1. The molecule has 0 bridgehead atoms. The molecule has 3 aromatic rings. The van der Waals surface area contributed by atoms with E-state index >= 15 is 0 Å². The van der Waals surface area contributed by atoms with Crippen molar-refractivity contribution in [1.29, 1.82) is 0 Å². The van der Waals surface area contributed by atoms with Gasteiger partial charge in [-0.3, -0.25) is 14.5 Å². The number of carbonyl (C=O) groups is 2. The van der Waals surface area contributed by atoms with Crippen molar-refractivity contribution in [3.63, 3.8) is 0 Å². The monoisotopic (exact) mass is 566 g/mol. The Bertz CT molecular complexity index is 1300. The van der Waals surface area contributed by atoms with Crippen LogP contribution in [0.15, 0.2) is 60.7 Å². The minimum Gasteiger partial charge on any atom is -0.379 e. The van der Waals surface area contributed by atoms with Gasteiger partial charge in [-0.2, -0.15) is 0 Å². The molecule has 0 unspecified atom stereocenters. The largest absolute Gasteiger partial charge is 0.379 e. The van der Waals surface area contributed by atoms with Crippen LogP contribution in [0.25, 0.3) is 11.3 Å². The van der Waals surface area contributed by atoms with Gasteiger partial charge in [-0.1, -0.05) is 29.8 Å². The van der Waals surface area contributed by atoms with Crippen molar-refractivity contribution in [2.24, 2.45) is 0 Å². The third-order valence-corrected chi connectivity index (χ3v) is 7.58. The van der Waals surface area contributed by atoms with Gasteiger partial charge in [0.2, 0.25) is 5.91 Å². The van der Waals surface area contributed by atoms with Gasteiger partial charge >= 0.3 is 0 Å². The van der Waals surface area contributed by atoms with E-state index in [0.29, 0.717) is 68.8 Å². The smallest absolute Gasteiger partial charge is 0.254 e. The number of anilines is 1. The Morgan fingerprint density at radius 3 is 2.30 bits per heavy atom. The lowest BCUT2D eigenvalue weighted by molar-refractivity contribution is -0.132. The van der Waals surface area contributed by atoms with Crippen LogP contribution in [-0.2, 0) is 9.53 Å². The van der Waals surface area contributed by atoms with Crippen LogP contribution in [0.1, 0.15) is 10.4 Å². The summed E-state index contributed by atoms with van der Waals surface area (Å²) in [7, 11) is 0. The van der Waals surface area contributed by atoms with Crippen molar-refractivity contribution in [1.82, 2.24) is 24.9 Å². The van der Waals surface area contributed by atoms with E-state index < -0.39 is 5.82 Å². The molecule has 0 aliphatic carbocycles. The molecule has 2 aromatic carbocycles. The Morgan fingerprint density at radius 2 is 1.62 bits per heavy atom. The molecule has 0 atom stereocenters.